The van der Waals surface area contributed by atoms with E-state index in [1.165, 1.54) is 22.3 Å². The molecule has 0 aromatic heterocycles. The van der Waals surface area contributed by atoms with Crippen LogP contribution in [0.15, 0.2) is 42.5 Å². The first kappa shape index (κ1) is 12.9. The third kappa shape index (κ3) is 2.45. The summed E-state index contributed by atoms with van der Waals surface area (Å²) >= 11 is 0. The second kappa shape index (κ2) is 5.10. The van der Waals surface area contributed by atoms with Gasteiger partial charge in [0.1, 0.15) is 5.84 Å². The quantitative estimate of drug-likeness (QED) is 0.662. The van der Waals surface area contributed by atoms with E-state index in [1.54, 1.807) is 0 Å². The standard InChI is InChI=1S/C17H19N3/c1-12-8-13(17(18)19)6-7-14(12)9-20-10-15-4-2-3-5-16(15)11-20/h2-8H,9-11H2,1H3,(H3,18,19). The van der Waals surface area contributed by atoms with Crippen molar-refractivity contribution in [2.24, 2.45) is 5.73 Å². The van der Waals surface area contributed by atoms with Crippen molar-refractivity contribution in [2.75, 3.05) is 0 Å². The molecule has 0 saturated heterocycles. The highest BCUT2D eigenvalue weighted by Gasteiger charge is 2.18. The average Bonchev–Trinajstić information content (AvgIpc) is 2.83. The van der Waals surface area contributed by atoms with E-state index in [-0.39, 0.29) is 5.84 Å². The van der Waals surface area contributed by atoms with Crippen molar-refractivity contribution < 1.29 is 0 Å². The van der Waals surface area contributed by atoms with E-state index in [4.69, 9.17) is 11.1 Å². The van der Waals surface area contributed by atoms with E-state index in [0.29, 0.717) is 0 Å². The highest BCUT2D eigenvalue weighted by atomic mass is 15.1. The summed E-state index contributed by atoms with van der Waals surface area (Å²) in [5.74, 6) is 0.133. The number of nitrogens with one attached hydrogen (secondary N) is 1. The second-order valence-electron chi connectivity index (χ2n) is 5.47. The lowest BCUT2D eigenvalue weighted by Gasteiger charge is -2.17. The van der Waals surface area contributed by atoms with Gasteiger partial charge >= 0.3 is 0 Å². The van der Waals surface area contributed by atoms with E-state index in [1.807, 2.05) is 12.1 Å². The van der Waals surface area contributed by atoms with Crippen LogP contribution in [-0.4, -0.2) is 10.7 Å². The number of rotatable bonds is 3. The van der Waals surface area contributed by atoms with E-state index in [0.717, 1.165) is 25.2 Å². The molecular weight excluding hydrogens is 246 g/mol. The summed E-state index contributed by atoms with van der Waals surface area (Å²) in [5, 5.41) is 7.48. The van der Waals surface area contributed by atoms with Crippen LogP contribution in [0.5, 0.6) is 0 Å². The summed E-state index contributed by atoms with van der Waals surface area (Å²) in [6.07, 6.45) is 0. The van der Waals surface area contributed by atoms with Gasteiger partial charge in [0.25, 0.3) is 0 Å². The predicted octanol–water partition coefficient (Wildman–Crippen LogP) is 2.79. The van der Waals surface area contributed by atoms with Gasteiger partial charge in [0.15, 0.2) is 0 Å². The van der Waals surface area contributed by atoms with Gasteiger partial charge in [-0.05, 0) is 35.2 Å². The Balaban J connectivity index is 1.75. The molecule has 0 fully saturated rings. The highest BCUT2D eigenvalue weighted by Crippen LogP contribution is 2.24. The Morgan fingerprint density at radius 1 is 1.15 bits per heavy atom. The van der Waals surface area contributed by atoms with Gasteiger partial charge in [-0.2, -0.15) is 0 Å². The first-order valence-corrected chi connectivity index (χ1v) is 6.86. The van der Waals surface area contributed by atoms with Crippen LogP contribution >= 0.6 is 0 Å². The van der Waals surface area contributed by atoms with Crippen molar-refractivity contribution in [3.63, 3.8) is 0 Å². The first-order valence-electron chi connectivity index (χ1n) is 6.86. The molecule has 1 heterocycles. The van der Waals surface area contributed by atoms with E-state index < -0.39 is 0 Å². The maximum atomic E-state index is 7.48. The van der Waals surface area contributed by atoms with Crippen molar-refractivity contribution in [2.45, 2.75) is 26.6 Å². The summed E-state index contributed by atoms with van der Waals surface area (Å²) in [6.45, 7) is 5.07. The van der Waals surface area contributed by atoms with Crippen LogP contribution in [0.25, 0.3) is 0 Å². The number of nitrogens with two attached hydrogens (primary N) is 1. The monoisotopic (exact) mass is 265 g/mol. The lowest BCUT2D eigenvalue weighted by molar-refractivity contribution is 0.275. The predicted molar refractivity (Wildman–Crippen MR) is 81.6 cm³/mol. The Morgan fingerprint density at radius 2 is 1.80 bits per heavy atom. The fourth-order valence-corrected chi connectivity index (χ4v) is 2.80. The third-order valence-electron chi connectivity index (χ3n) is 3.95. The summed E-state index contributed by atoms with van der Waals surface area (Å²) in [5.41, 5.74) is 11.7. The number of aryl methyl sites for hydroxylation is 1. The van der Waals surface area contributed by atoms with Crippen LogP contribution in [0.2, 0.25) is 0 Å². The number of hydrogen-bond donors (Lipinski definition) is 2. The molecule has 102 valence electrons. The van der Waals surface area contributed by atoms with Gasteiger partial charge in [-0.15, -0.1) is 0 Å². The molecule has 2 aromatic carbocycles. The van der Waals surface area contributed by atoms with Gasteiger partial charge in [0.05, 0.1) is 0 Å². The zero-order valence-electron chi connectivity index (χ0n) is 11.7. The van der Waals surface area contributed by atoms with Gasteiger partial charge < -0.3 is 5.73 Å². The molecule has 0 aliphatic carbocycles. The van der Waals surface area contributed by atoms with Crippen LogP contribution in [0.1, 0.15) is 27.8 Å². The molecule has 0 radical (unpaired) electrons. The molecule has 3 rings (SSSR count). The largest absolute Gasteiger partial charge is 0.384 e. The fraction of sp³-hybridized carbons (Fsp3) is 0.235. The smallest absolute Gasteiger partial charge is 0.122 e. The second-order valence-corrected chi connectivity index (χ2v) is 5.47. The molecule has 0 spiro atoms. The van der Waals surface area contributed by atoms with Crippen LogP contribution in [0.3, 0.4) is 0 Å². The highest BCUT2D eigenvalue weighted by molar-refractivity contribution is 5.95. The molecule has 1 aliphatic heterocycles. The molecule has 3 heteroatoms. The molecular formula is C17H19N3. The van der Waals surface area contributed by atoms with Crippen molar-refractivity contribution in [3.8, 4) is 0 Å². The zero-order chi connectivity index (χ0) is 14.1. The summed E-state index contributed by atoms with van der Waals surface area (Å²) < 4.78 is 0. The zero-order valence-corrected chi connectivity index (χ0v) is 11.7. The Kier molecular flexibility index (Phi) is 3.28. The van der Waals surface area contributed by atoms with Crippen LogP contribution in [-0.2, 0) is 19.6 Å². The molecule has 0 saturated carbocycles. The maximum Gasteiger partial charge on any atom is 0.122 e. The SMILES string of the molecule is Cc1cc(C(=N)N)ccc1CN1Cc2ccccc2C1. The summed E-state index contributed by atoms with van der Waals surface area (Å²) in [7, 11) is 0. The molecule has 0 bridgehead atoms. The number of nitrogen functional groups attached to an aromatic ring is 1. The van der Waals surface area contributed by atoms with Gasteiger partial charge in [-0.25, -0.2) is 0 Å². The Morgan fingerprint density at radius 3 is 2.35 bits per heavy atom. The third-order valence-corrected chi connectivity index (χ3v) is 3.95. The number of nitrogens with zero attached hydrogens (tertiary/aromatic N) is 1. The Bertz CT molecular complexity index is 636. The van der Waals surface area contributed by atoms with Gasteiger partial charge in [0, 0.05) is 25.2 Å². The molecule has 0 amide bonds. The van der Waals surface area contributed by atoms with Crippen LogP contribution in [0, 0.1) is 12.3 Å². The first-order chi connectivity index (χ1) is 9.63. The van der Waals surface area contributed by atoms with Gasteiger partial charge in [-0.3, -0.25) is 10.3 Å². The molecule has 20 heavy (non-hydrogen) atoms. The lowest BCUT2D eigenvalue weighted by Crippen LogP contribution is -2.17. The lowest BCUT2D eigenvalue weighted by atomic mass is 10.0. The molecule has 0 atom stereocenters. The Hall–Kier alpha value is -2.13. The topological polar surface area (TPSA) is 53.1 Å². The number of amidine groups is 1. The van der Waals surface area contributed by atoms with Crippen molar-refractivity contribution >= 4 is 5.84 Å². The van der Waals surface area contributed by atoms with E-state index in [2.05, 4.69) is 42.2 Å². The summed E-state index contributed by atoms with van der Waals surface area (Å²) in [6, 6.07) is 14.7. The van der Waals surface area contributed by atoms with Crippen LogP contribution in [0.4, 0.5) is 0 Å². The van der Waals surface area contributed by atoms with Gasteiger partial charge in [0.2, 0.25) is 0 Å². The molecule has 1 aliphatic rings. The molecule has 3 nitrogen and oxygen atoms in total. The minimum atomic E-state index is 0.133. The average molecular weight is 265 g/mol. The normalized spacial score (nSPS) is 14.2. The van der Waals surface area contributed by atoms with E-state index >= 15 is 0 Å². The molecule has 0 unspecified atom stereocenters. The maximum absolute atomic E-state index is 7.48. The van der Waals surface area contributed by atoms with Gasteiger partial charge in [-0.1, -0.05) is 36.4 Å². The molecule has 3 N–H and O–H groups in total. The van der Waals surface area contributed by atoms with Crippen molar-refractivity contribution in [1.82, 2.24) is 4.90 Å². The number of fused-ring (bicyclic) bond motifs is 1. The minimum Gasteiger partial charge on any atom is -0.384 e. The van der Waals surface area contributed by atoms with Crippen molar-refractivity contribution in [3.05, 3.63) is 70.3 Å². The fourth-order valence-electron chi connectivity index (χ4n) is 2.80. The van der Waals surface area contributed by atoms with E-state index in [9.17, 15) is 0 Å². The molecule has 2 aromatic rings. The summed E-state index contributed by atoms with van der Waals surface area (Å²) in [4.78, 5) is 2.44. The number of benzene rings is 2. The van der Waals surface area contributed by atoms with Crippen LogP contribution < -0.4 is 5.73 Å². The number of hydrogen-bond acceptors (Lipinski definition) is 2. The van der Waals surface area contributed by atoms with Crippen molar-refractivity contribution in [1.29, 1.82) is 5.41 Å². The Labute approximate surface area is 119 Å². The minimum absolute atomic E-state index is 0.133.